The predicted octanol–water partition coefficient (Wildman–Crippen LogP) is 3.57. The van der Waals surface area contributed by atoms with Gasteiger partial charge in [-0.2, -0.15) is 4.98 Å². The van der Waals surface area contributed by atoms with Crippen LogP contribution in [0.5, 0.6) is 0 Å². The summed E-state index contributed by atoms with van der Waals surface area (Å²) in [6, 6.07) is 14.6. The minimum Gasteiger partial charge on any atom is -0.338 e. The second kappa shape index (κ2) is 6.65. The van der Waals surface area contributed by atoms with Crippen LogP contribution in [-0.2, 0) is 13.0 Å². The first-order chi connectivity index (χ1) is 10.3. The molecule has 5 heteroatoms. The van der Waals surface area contributed by atoms with Gasteiger partial charge in [-0.15, -0.1) is 11.3 Å². The summed E-state index contributed by atoms with van der Waals surface area (Å²) in [5, 5.41) is 9.50. The molecule has 1 aromatic carbocycles. The molecule has 3 aromatic rings. The number of nitrogens with one attached hydrogen (secondary N) is 1. The Balaban J connectivity index is 1.55. The standard InChI is InChI=1S/C16H17N3OS/c1-12(14-8-5-9-21-14)17-11-16-18-15(19-20-16)10-13-6-3-2-4-7-13/h2-9,12,17H,10-11H2,1H3/t12-/m0/s1. The zero-order chi connectivity index (χ0) is 14.5. The molecule has 0 fully saturated rings. The van der Waals surface area contributed by atoms with Crippen molar-refractivity contribution in [3.63, 3.8) is 0 Å². The summed E-state index contributed by atoms with van der Waals surface area (Å²) in [4.78, 5) is 5.73. The molecule has 0 bridgehead atoms. The lowest BCUT2D eigenvalue weighted by atomic mass is 10.1. The largest absolute Gasteiger partial charge is 0.338 e. The minimum absolute atomic E-state index is 0.287. The molecule has 1 atom stereocenters. The second-order valence-corrected chi connectivity index (χ2v) is 5.86. The zero-order valence-electron chi connectivity index (χ0n) is 11.8. The number of thiophene rings is 1. The first kappa shape index (κ1) is 14.0. The summed E-state index contributed by atoms with van der Waals surface area (Å²) in [5.74, 6) is 1.35. The lowest BCUT2D eigenvalue weighted by molar-refractivity contribution is 0.357. The molecule has 0 saturated heterocycles. The zero-order valence-corrected chi connectivity index (χ0v) is 12.6. The van der Waals surface area contributed by atoms with Crippen LogP contribution in [0, 0.1) is 0 Å². The number of hydrogen-bond donors (Lipinski definition) is 1. The Bertz CT molecular complexity index is 664. The van der Waals surface area contributed by atoms with E-state index in [1.165, 1.54) is 10.4 Å². The van der Waals surface area contributed by atoms with Gasteiger partial charge in [0.25, 0.3) is 0 Å². The third-order valence-electron chi connectivity index (χ3n) is 3.24. The van der Waals surface area contributed by atoms with Crippen molar-refractivity contribution >= 4 is 11.3 Å². The molecule has 0 aliphatic rings. The summed E-state index contributed by atoms with van der Waals surface area (Å²) < 4.78 is 5.28. The van der Waals surface area contributed by atoms with Gasteiger partial charge in [-0.25, -0.2) is 0 Å². The van der Waals surface area contributed by atoms with Crippen LogP contribution in [0.25, 0.3) is 0 Å². The van der Waals surface area contributed by atoms with Crippen molar-refractivity contribution in [3.05, 3.63) is 70.0 Å². The fourth-order valence-corrected chi connectivity index (χ4v) is 2.85. The molecule has 108 valence electrons. The summed E-state index contributed by atoms with van der Waals surface area (Å²) in [7, 11) is 0. The smallest absolute Gasteiger partial charge is 0.240 e. The lowest BCUT2D eigenvalue weighted by Gasteiger charge is -2.09. The molecule has 0 unspecified atom stereocenters. The van der Waals surface area contributed by atoms with Crippen LogP contribution in [0.4, 0.5) is 0 Å². The van der Waals surface area contributed by atoms with Gasteiger partial charge in [-0.05, 0) is 23.9 Å². The molecule has 4 nitrogen and oxygen atoms in total. The Morgan fingerprint density at radius 2 is 2.05 bits per heavy atom. The molecule has 2 heterocycles. The average molecular weight is 299 g/mol. The molecule has 0 radical (unpaired) electrons. The van der Waals surface area contributed by atoms with E-state index in [2.05, 4.69) is 52.0 Å². The number of benzene rings is 1. The van der Waals surface area contributed by atoms with Gasteiger partial charge in [-0.3, -0.25) is 0 Å². The van der Waals surface area contributed by atoms with Crippen LogP contribution in [0.3, 0.4) is 0 Å². The van der Waals surface area contributed by atoms with Crippen molar-refractivity contribution in [2.24, 2.45) is 0 Å². The minimum atomic E-state index is 0.287. The van der Waals surface area contributed by atoms with Gasteiger partial charge in [-0.1, -0.05) is 41.6 Å². The number of nitrogens with zero attached hydrogens (tertiary/aromatic N) is 2. The summed E-state index contributed by atoms with van der Waals surface area (Å²) >= 11 is 1.74. The van der Waals surface area contributed by atoms with Crippen molar-refractivity contribution in [2.75, 3.05) is 0 Å². The fourth-order valence-electron chi connectivity index (χ4n) is 2.09. The van der Waals surface area contributed by atoms with E-state index >= 15 is 0 Å². The fraction of sp³-hybridized carbons (Fsp3) is 0.250. The van der Waals surface area contributed by atoms with E-state index in [0.717, 1.165) is 5.82 Å². The lowest BCUT2D eigenvalue weighted by Crippen LogP contribution is -2.17. The molecule has 1 N–H and O–H groups in total. The topological polar surface area (TPSA) is 51.0 Å². The Labute approximate surface area is 127 Å². The number of aromatic nitrogens is 2. The van der Waals surface area contributed by atoms with Gasteiger partial charge in [0.05, 0.1) is 6.54 Å². The van der Waals surface area contributed by atoms with Crippen LogP contribution < -0.4 is 5.32 Å². The van der Waals surface area contributed by atoms with Crippen LogP contribution in [0.2, 0.25) is 0 Å². The van der Waals surface area contributed by atoms with Crippen LogP contribution in [0.1, 0.15) is 35.1 Å². The molecule has 0 aliphatic carbocycles. The predicted molar refractivity (Wildman–Crippen MR) is 83.1 cm³/mol. The third kappa shape index (κ3) is 3.77. The molecule has 21 heavy (non-hydrogen) atoms. The molecule has 0 amide bonds. The Morgan fingerprint density at radius 1 is 1.19 bits per heavy atom. The van der Waals surface area contributed by atoms with Gasteiger partial charge in [0, 0.05) is 17.3 Å². The second-order valence-electron chi connectivity index (χ2n) is 4.88. The molecule has 0 aliphatic heterocycles. The highest BCUT2D eigenvalue weighted by molar-refractivity contribution is 7.10. The molecular weight excluding hydrogens is 282 g/mol. The van der Waals surface area contributed by atoms with Crippen molar-refractivity contribution < 1.29 is 4.52 Å². The Kier molecular flexibility index (Phi) is 4.43. The first-order valence-electron chi connectivity index (χ1n) is 6.93. The van der Waals surface area contributed by atoms with E-state index in [9.17, 15) is 0 Å². The van der Waals surface area contributed by atoms with Crippen molar-refractivity contribution in [3.8, 4) is 0 Å². The van der Waals surface area contributed by atoms with Crippen LogP contribution in [-0.4, -0.2) is 10.1 Å². The van der Waals surface area contributed by atoms with Gasteiger partial charge < -0.3 is 9.84 Å². The number of hydrogen-bond acceptors (Lipinski definition) is 5. The Hall–Kier alpha value is -1.98. The number of rotatable bonds is 6. The maximum atomic E-state index is 5.28. The van der Waals surface area contributed by atoms with Gasteiger partial charge in [0.15, 0.2) is 5.82 Å². The summed E-state index contributed by atoms with van der Waals surface area (Å²) in [6.45, 7) is 2.72. The monoisotopic (exact) mass is 299 g/mol. The quantitative estimate of drug-likeness (QED) is 0.756. The molecule has 0 saturated carbocycles. The van der Waals surface area contributed by atoms with E-state index in [0.29, 0.717) is 18.9 Å². The van der Waals surface area contributed by atoms with E-state index in [-0.39, 0.29) is 6.04 Å². The van der Waals surface area contributed by atoms with E-state index in [4.69, 9.17) is 4.52 Å². The highest BCUT2D eigenvalue weighted by Crippen LogP contribution is 2.18. The van der Waals surface area contributed by atoms with Gasteiger partial charge >= 0.3 is 0 Å². The van der Waals surface area contributed by atoms with Crippen molar-refractivity contribution in [1.29, 1.82) is 0 Å². The maximum Gasteiger partial charge on any atom is 0.240 e. The van der Waals surface area contributed by atoms with Gasteiger partial charge in [0.1, 0.15) is 0 Å². The summed E-state index contributed by atoms with van der Waals surface area (Å²) in [5.41, 5.74) is 1.18. The van der Waals surface area contributed by atoms with Crippen molar-refractivity contribution in [2.45, 2.75) is 25.9 Å². The maximum absolute atomic E-state index is 5.28. The van der Waals surface area contributed by atoms with E-state index in [1.54, 1.807) is 11.3 Å². The van der Waals surface area contributed by atoms with Crippen LogP contribution in [0.15, 0.2) is 52.4 Å². The van der Waals surface area contributed by atoms with Crippen LogP contribution >= 0.6 is 11.3 Å². The normalized spacial score (nSPS) is 12.4. The SMILES string of the molecule is C[C@H](NCc1nc(Cc2ccccc2)no1)c1cccs1. The molecule has 0 spiro atoms. The van der Waals surface area contributed by atoms with E-state index in [1.807, 2.05) is 18.2 Å². The highest BCUT2D eigenvalue weighted by Gasteiger charge is 2.10. The average Bonchev–Trinajstić information content (AvgIpc) is 3.17. The Morgan fingerprint density at radius 3 is 2.81 bits per heavy atom. The molecule has 2 aromatic heterocycles. The first-order valence-corrected chi connectivity index (χ1v) is 7.81. The summed E-state index contributed by atoms with van der Waals surface area (Å²) in [6.07, 6.45) is 0.699. The van der Waals surface area contributed by atoms with E-state index < -0.39 is 0 Å². The molecular formula is C16H17N3OS. The van der Waals surface area contributed by atoms with Gasteiger partial charge in [0.2, 0.25) is 5.89 Å². The molecule has 3 rings (SSSR count). The highest BCUT2D eigenvalue weighted by atomic mass is 32.1. The third-order valence-corrected chi connectivity index (χ3v) is 4.30. The van der Waals surface area contributed by atoms with Crippen molar-refractivity contribution in [1.82, 2.24) is 15.5 Å².